The third-order valence-corrected chi connectivity index (χ3v) is 4.52. The molecule has 1 saturated heterocycles. The lowest BCUT2D eigenvalue weighted by Crippen LogP contribution is -2.32. The van der Waals surface area contributed by atoms with E-state index in [1.165, 1.54) is 0 Å². The van der Waals surface area contributed by atoms with Crippen molar-refractivity contribution in [3.63, 3.8) is 0 Å². The van der Waals surface area contributed by atoms with E-state index in [2.05, 4.69) is 9.88 Å². The molecule has 0 radical (unpaired) electrons. The summed E-state index contributed by atoms with van der Waals surface area (Å²) in [4.78, 5) is 12.5. The first-order valence-electron chi connectivity index (χ1n) is 8.33. The number of aromatic nitrogens is 1. The zero-order chi connectivity index (χ0) is 17.1. The highest BCUT2D eigenvalue weighted by Crippen LogP contribution is 2.23. The molecule has 0 spiro atoms. The van der Waals surface area contributed by atoms with E-state index in [0.29, 0.717) is 12.1 Å². The standard InChI is InChI=1S/C19H24N2O3/c1-13-11-18(19(22)20-12-17-5-4-10-24-17)14(2)21(13)15-6-8-16(23-3)9-7-15/h6-9,11,17H,4-5,10,12H2,1-3H3,(H,20,22). The molecule has 2 aromatic rings. The van der Waals surface area contributed by atoms with Gasteiger partial charge in [-0.3, -0.25) is 4.79 Å². The number of carbonyl (C=O) groups is 1. The molecule has 128 valence electrons. The van der Waals surface area contributed by atoms with E-state index >= 15 is 0 Å². The Morgan fingerprint density at radius 3 is 2.71 bits per heavy atom. The van der Waals surface area contributed by atoms with Crippen LogP contribution in [0.15, 0.2) is 30.3 Å². The topological polar surface area (TPSA) is 52.5 Å². The molecule has 0 saturated carbocycles. The average Bonchev–Trinajstić information content (AvgIpc) is 3.21. The molecule has 3 rings (SSSR count). The zero-order valence-electron chi connectivity index (χ0n) is 14.5. The van der Waals surface area contributed by atoms with Crippen molar-refractivity contribution in [2.24, 2.45) is 0 Å². The van der Waals surface area contributed by atoms with Crippen LogP contribution in [-0.4, -0.2) is 36.8 Å². The fourth-order valence-corrected chi connectivity index (χ4v) is 3.23. The van der Waals surface area contributed by atoms with Gasteiger partial charge in [0.2, 0.25) is 0 Å². The lowest BCUT2D eigenvalue weighted by Gasteiger charge is -2.12. The normalized spacial score (nSPS) is 17.0. The van der Waals surface area contributed by atoms with Gasteiger partial charge in [0, 0.05) is 30.2 Å². The number of amides is 1. The summed E-state index contributed by atoms with van der Waals surface area (Å²) in [5, 5.41) is 2.99. The Bertz CT molecular complexity index is 713. The van der Waals surface area contributed by atoms with Crippen LogP contribution in [-0.2, 0) is 4.74 Å². The monoisotopic (exact) mass is 328 g/mol. The van der Waals surface area contributed by atoms with Crippen LogP contribution in [0.4, 0.5) is 0 Å². The third-order valence-electron chi connectivity index (χ3n) is 4.52. The number of methoxy groups -OCH3 is 1. The minimum absolute atomic E-state index is 0.0432. The Hall–Kier alpha value is -2.27. The van der Waals surface area contributed by atoms with Gasteiger partial charge < -0.3 is 19.4 Å². The fourth-order valence-electron chi connectivity index (χ4n) is 3.23. The molecule has 1 amide bonds. The van der Waals surface area contributed by atoms with Crippen LogP contribution in [0.25, 0.3) is 5.69 Å². The van der Waals surface area contributed by atoms with E-state index in [4.69, 9.17) is 9.47 Å². The minimum Gasteiger partial charge on any atom is -0.497 e. The Morgan fingerprint density at radius 2 is 2.08 bits per heavy atom. The van der Waals surface area contributed by atoms with Crippen LogP contribution in [0.5, 0.6) is 5.75 Å². The molecule has 1 aromatic heterocycles. The number of ether oxygens (including phenoxy) is 2. The van der Waals surface area contributed by atoms with Gasteiger partial charge in [0.05, 0.1) is 18.8 Å². The molecule has 1 aliphatic rings. The van der Waals surface area contributed by atoms with Gasteiger partial charge in [0.1, 0.15) is 5.75 Å². The molecule has 1 unspecified atom stereocenters. The van der Waals surface area contributed by atoms with Crippen molar-refractivity contribution in [1.82, 2.24) is 9.88 Å². The predicted molar refractivity (Wildman–Crippen MR) is 93.1 cm³/mol. The molecular formula is C19H24N2O3. The average molecular weight is 328 g/mol. The van der Waals surface area contributed by atoms with Gasteiger partial charge in [-0.2, -0.15) is 0 Å². The molecule has 1 fully saturated rings. The fraction of sp³-hybridized carbons (Fsp3) is 0.421. The van der Waals surface area contributed by atoms with Crippen molar-refractivity contribution in [1.29, 1.82) is 0 Å². The van der Waals surface area contributed by atoms with E-state index in [9.17, 15) is 4.79 Å². The molecule has 1 aliphatic heterocycles. The van der Waals surface area contributed by atoms with Gasteiger partial charge in [0.15, 0.2) is 0 Å². The van der Waals surface area contributed by atoms with Crippen LogP contribution < -0.4 is 10.1 Å². The van der Waals surface area contributed by atoms with Crippen LogP contribution in [0, 0.1) is 13.8 Å². The number of benzene rings is 1. The Labute approximate surface area is 142 Å². The van der Waals surface area contributed by atoms with Crippen LogP contribution in [0.3, 0.4) is 0 Å². The Kier molecular flexibility index (Phi) is 4.90. The molecular weight excluding hydrogens is 304 g/mol. The number of hydrogen-bond donors (Lipinski definition) is 1. The summed E-state index contributed by atoms with van der Waals surface area (Å²) >= 11 is 0. The molecule has 1 aromatic carbocycles. The Balaban J connectivity index is 1.78. The maximum Gasteiger partial charge on any atom is 0.253 e. The molecule has 1 atom stereocenters. The van der Waals surface area contributed by atoms with Gasteiger partial charge in [-0.25, -0.2) is 0 Å². The summed E-state index contributed by atoms with van der Waals surface area (Å²) < 4.78 is 12.8. The summed E-state index contributed by atoms with van der Waals surface area (Å²) in [6.45, 7) is 5.35. The predicted octanol–water partition coefficient (Wildman–Crippen LogP) is 3.01. The quantitative estimate of drug-likeness (QED) is 0.918. The summed E-state index contributed by atoms with van der Waals surface area (Å²) in [6, 6.07) is 9.76. The van der Waals surface area contributed by atoms with Crippen molar-refractivity contribution in [3.05, 3.63) is 47.3 Å². The van der Waals surface area contributed by atoms with Gasteiger partial charge in [-0.15, -0.1) is 0 Å². The second-order valence-electron chi connectivity index (χ2n) is 6.16. The van der Waals surface area contributed by atoms with E-state index in [-0.39, 0.29) is 12.0 Å². The highest BCUT2D eigenvalue weighted by atomic mass is 16.5. The highest BCUT2D eigenvalue weighted by molar-refractivity contribution is 5.95. The van der Waals surface area contributed by atoms with Gasteiger partial charge in [-0.1, -0.05) is 0 Å². The molecule has 24 heavy (non-hydrogen) atoms. The lowest BCUT2D eigenvalue weighted by atomic mass is 10.2. The van der Waals surface area contributed by atoms with Crippen molar-refractivity contribution >= 4 is 5.91 Å². The van der Waals surface area contributed by atoms with Crippen LogP contribution >= 0.6 is 0 Å². The number of nitrogens with one attached hydrogen (secondary N) is 1. The number of nitrogens with zero attached hydrogens (tertiary/aromatic N) is 1. The van der Waals surface area contributed by atoms with Crippen molar-refractivity contribution in [2.45, 2.75) is 32.8 Å². The number of hydrogen-bond acceptors (Lipinski definition) is 3. The van der Waals surface area contributed by atoms with Gasteiger partial charge in [-0.05, 0) is 57.0 Å². The summed E-state index contributed by atoms with van der Waals surface area (Å²) in [7, 11) is 1.65. The van der Waals surface area contributed by atoms with E-state index in [1.807, 2.05) is 44.2 Å². The Morgan fingerprint density at radius 1 is 1.33 bits per heavy atom. The maximum absolute atomic E-state index is 12.5. The summed E-state index contributed by atoms with van der Waals surface area (Å²) in [5.41, 5.74) is 3.69. The highest BCUT2D eigenvalue weighted by Gasteiger charge is 2.20. The number of rotatable bonds is 5. The molecule has 5 heteroatoms. The van der Waals surface area contributed by atoms with Gasteiger partial charge in [0.25, 0.3) is 5.91 Å². The number of aryl methyl sites for hydroxylation is 1. The maximum atomic E-state index is 12.5. The molecule has 0 bridgehead atoms. The molecule has 1 N–H and O–H groups in total. The number of carbonyl (C=O) groups excluding carboxylic acids is 1. The van der Waals surface area contributed by atoms with E-state index in [1.54, 1.807) is 7.11 Å². The van der Waals surface area contributed by atoms with E-state index < -0.39 is 0 Å². The SMILES string of the molecule is COc1ccc(-n2c(C)cc(C(=O)NCC3CCCO3)c2C)cc1. The van der Waals surface area contributed by atoms with Crippen LogP contribution in [0.2, 0.25) is 0 Å². The first-order chi connectivity index (χ1) is 11.6. The van der Waals surface area contributed by atoms with Gasteiger partial charge >= 0.3 is 0 Å². The first kappa shape index (κ1) is 16.6. The van der Waals surface area contributed by atoms with Crippen molar-refractivity contribution < 1.29 is 14.3 Å². The lowest BCUT2D eigenvalue weighted by molar-refractivity contribution is 0.0857. The molecule has 5 nitrogen and oxygen atoms in total. The van der Waals surface area contributed by atoms with Crippen LogP contribution in [0.1, 0.15) is 34.6 Å². The van der Waals surface area contributed by atoms with E-state index in [0.717, 1.165) is 42.3 Å². The smallest absolute Gasteiger partial charge is 0.253 e. The largest absolute Gasteiger partial charge is 0.497 e. The second-order valence-corrected chi connectivity index (χ2v) is 6.16. The summed E-state index contributed by atoms with van der Waals surface area (Å²) in [5.74, 6) is 0.772. The first-order valence-corrected chi connectivity index (χ1v) is 8.33. The second kappa shape index (κ2) is 7.09. The summed E-state index contributed by atoms with van der Waals surface area (Å²) in [6.07, 6.45) is 2.25. The third kappa shape index (κ3) is 3.31. The zero-order valence-corrected chi connectivity index (χ0v) is 14.5. The molecule has 0 aliphatic carbocycles. The van der Waals surface area contributed by atoms with Crippen molar-refractivity contribution in [2.75, 3.05) is 20.3 Å². The minimum atomic E-state index is -0.0432. The van der Waals surface area contributed by atoms with Crippen molar-refractivity contribution in [3.8, 4) is 11.4 Å². The molecule has 2 heterocycles.